The Morgan fingerprint density at radius 2 is 1.87 bits per heavy atom. The second-order valence-electron chi connectivity index (χ2n) is 3.85. The Balaban J connectivity index is 4.07. The van der Waals surface area contributed by atoms with Crippen molar-refractivity contribution in [1.29, 1.82) is 0 Å². The first-order chi connectivity index (χ1) is 6.88. The molecule has 0 bridgehead atoms. The predicted molar refractivity (Wildman–Crippen MR) is 66.8 cm³/mol. The van der Waals surface area contributed by atoms with Crippen LogP contribution >= 0.6 is 12.2 Å². The quantitative estimate of drug-likeness (QED) is 0.700. The number of nitrogens with zero attached hydrogens (tertiary/aromatic N) is 1. The van der Waals surface area contributed by atoms with Crippen molar-refractivity contribution in [2.75, 3.05) is 13.6 Å². The van der Waals surface area contributed by atoms with Crippen molar-refractivity contribution in [2.45, 2.75) is 39.8 Å². The van der Waals surface area contributed by atoms with Gasteiger partial charge in [-0.25, -0.2) is 0 Å². The summed E-state index contributed by atoms with van der Waals surface area (Å²) in [6, 6.07) is -0.00935. The zero-order valence-corrected chi connectivity index (χ0v) is 10.9. The molecule has 0 aromatic rings. The average Bonchev–Trinajstić information content (AvgIpc) is 2.13. The van der Waals surface area contributed by atoms with Crippen LogP contribution in [0.2, 0.25) is 0 Å². The number of thiocarbonyl (C=S) groups is 1. The maximum atomic E-state index is 11.7. The molecule has 4 nitrogen and oxygen atoms in total. The van der Waals surface area contributed by atoms with Gasteiger partial charge in [-0.1, -0.05) is 0 Å². The van der Waals surface area contributed by atoms with Crippen LogP contribution in [0.25, 0.3) is 0 Å². The summed E-state index contributed by atoms with van der Waals surface area (Å²) in [6.07, 6.45) is 0. The highest BCUT2D eigenvalue weighted by molar-refractivity contribution is 7.80. The minimum Gasteiger partial charge on any atom is -0.361 e. The molecule has 1 atom stereocenters. The van der Waals surface area contributed by atoms with Gasteiger partial charge >= 0.3 is 0 Å². The third kappa shape index (κ3) is 5.57. The van der Waals surface area contributed by atoms with Crippen LogP contribution in [0, 0.1) is 0 Å². The fraction of sp³-hybridized carbons (Fsp3) is 0.800. The van der Waals surface area contributed by atoms with Gasteiger partial charge in [0.05, 0.1) is 0 Å². The zero-order valence-electron chi connectivity index (χ0n) is 10.1. The van der Waals surface area contributed by atoms with Gasteiger partial charge in [0.25, 0.3) is 0 Å². The Bertz CT molecular complexity index is 231. The molecule has 0 saturated heterocycles. The van der Waals surface area contributed by atoms with Crippen LogP contribution in [0.15, 0.2) is 0 Å². The van der Waals surface area contributed by atoms with Gasteiger partial charge in [0.2, 0.25) is 5.91 Å². The SMILES string of the molecule is CCN(C)C(=O)C(C)NC(=S)NC(C)C. The lowest BCUT2D eigenvalue weighted by atomic mass is 10.3. The van der Waals surface area contributed by atoms with Crippen LogP contribution in [0.5, 0.6) is 0 Å². The van der Waals surface area contributed by atoms with E-state index >= 15 is 0 Å². The van der Waals surface area contributed by atoms with E-state index in [2.05, 4.69) is 10.6 Å². The molecule has 0 rings (SSSR count). The summed E-state index contributed by atoms with van der Waals surface area (Å²) < 4.78 is 0. The standard InChI is InChI=1S/C10H21N3OS/c1-6-13(5)9(14)8(4)12-10(15)11-7(2)3/h7-8H,6H2,1-5H3,(H2,11,12,15). The van der Waals surface area contributed by atoms with Crippen LogP contribution in [-0.2, 0) is 4.79 Å². The molecule has 5 heteroatoms. The van der Waals surface area contributed by atoms with Gasteiger partial charge < -0.3 is 15.5 Å². The Morgan fingerprint density at radius 1 is 1.33 bits per heavy atom. The number of rotatable bonds is 4. The first-order valence-electron chi connectivity index (χ1n) is 5.20. The summed E-state index contributed by atoms with van der Waals surface area (Å²) in [7, 11) is 1.78. The summed E-state index contributed by atoms with van der Waals surface area (Å²) >= 11 is 5.06. The van der Waals surface area contributed by atoms with E-state index in [0.29, 0.717) is 11.7 Å². The summed E-state index contributed by atoms with van der Waals surface area (Å²) in [6.45, 7) is 8.45. The minimum absolute atomic E-state index is 0.0467. The number of likely N-dealkylation sites (N-methyl/N-ethyl adjacent to an activating group) is 1. The van der Waals surface area contributed by atoms with E-state index in [-0.39, 0.29) is 18.0 Å². The molecular weight excluding hydrogens is 210 g/mol. The molecule has 2 N–H and O–H groups in total. The average molecular weight is 231 g/mol. The van der Waals surface area contributed by atoms with E-state index in [1.807, 2.05) is 27.7 Å². The van der Waals surface area contributed by atoms with E-state index in [1.54, 1.807) is 11.9 Å². The van der Waals surface area contributed by atoms with Crippen LogP contribution < -0.4 is 10.6 Å². The number of hydrogen-bond donors (Lipinski definition) is 2. The summed E-state index contributed by atoms with van der Waals surface area (Å²) in [5, 5.41) is 6.51. The second-order valence-corrected chi connectivity index (χ2v) is 4.25. The second kappa shape index (κ2) is 6.61. The summed E-state index contributed by atoms with van der Waals surface area (Å²) in [4.78, 5) is 13.3. The Labute approximate surface area is 97.4 Å². The summed E-state index contributed by atoms with van der Waals surface area (Å²) in [5.74, 6) is 0.0467. The van der Waals surface area contributed by atoms with Crippen molar-refractivity contribution in [1.82, 2.24) is 15.5 Å². The first-order valence-corrected chi connectivity index (χ1v) is 5.61. The van der Waals surface area contributed by atoms with Crippen molar-refractivity contribution < 1.29 is 4.79 Å². The molecule has 88 valence electrons. The Morgan fingerprint density at radius 3 is 2.27 bits per heavy atom. The minimum atomic E-state index is -0.284. The van der Waals surface area contributed by atoms with Crippen molar-refractivity contribution in [3.8, 4) is 0 Å². The van der Waals surface area contributed by atoms with Crippen molar-refractivity contribution in [3.05, 3.63) is 0 Å². The van der Waals surface area contributed by atoms with E-state index in [4.69, 9.17) is 12.2 Å². The van der Waals surface area contributed by atoms with E-state index in [9.17, 15) is 4.79 Å². The van der Waals surface area contributed by atoms with Gasteiger partial charge in [-0.3, -0.25) is 4.79 Å². The molecule has 0 fully saturated rings. The highest BCUT2D eigenvalue weighted by Gasteiger charge is 2.16. The maximum absolute atomic E-state index is 11.7. The molecule has 0 aromatic carbocycles. The molecule has 0 saturated carbocycles. The van der Waals surface area contributed by atoms with E-state index < -0.39 is 0 Å². The number of amides is 1. The molecule has 15 heavy (non-hydrogen) atoms. The molecule has 0 aliphatic carbocycles. The number of hydrogen-bond acceptors (Lipinski definition) is 2. The topological polar surface area (TPSA) is 44.4 Å². The first kappa shape index (κ1) is 14.2. The van der Waals surface area contributed by atoms with Crippen LogP contribution in [-0.4, -0.2) is 41.6 Å². The zero-order chi connectivity index (χ0) is 12.0. The van der Waals surface area contributed by atoms with Crippen molar-refractivity contribution >= 4 is 23.2 Å². The Hall–Kier alpha value is -0.840. The molecule has 0 aliphatic heterocycles. The molecule has 0 aromatic heterocycles. The van der Waals surface area contributed by atoms with Crippen molar-refractivity contribution in [2.24, 2.45) is 0 Å². The largest absolute Gasteiger partial charge is 0.361 e. The smallest absolute Gasteiger partial charge is 0.244 e. The Kier molecular flexibility index (Phi) is 6.24. The molecule has 0 heterocycles. The molecule has 0 radical (unpaired) electrons. The third-order valence-corrected chi connectivity index (χ3v) is 2.22. The highest BCUT2D eigenvalue weighted by atomic mass is 32.1. The van der Waals surface area contributed by atoms with Gasteiger partial charge in [-0.15, -0.1) is 0 Å². The van der Waals surface area contributed by atoms with Crippen LogP contribution in [0.4, 0.5) is 0 Å². The van der Waals surface area contributed by atoms with Gasteiger partial charge in [0.15, 0.2) is 5.11 Å². The van der Waals surface area contributed by atoms with E-state index in [0.717, 1.165) is 0 Å². The van der Waals surface area contributed by atoms with E-state index in [1.165, 1.54) is 0 Å². The highest BCUT2D eigenvalue weighted by Crippen LogP contribution is 1.91. The number of carbonyl (C=O) groups is 1. The molecule has 0 aliphatic rings. The summed E-state index contributed by atoms with van der Waals surface area (Å²) in [5.41, 5.74) is 0. The lowest BCUT2D eigenvalue weighted by molar-refractivity contribution is -0.131. The lowest BCUT2D eigenvalue weighted by Gasteiger charge is -2.22. The monoisotopic (exact) mass is 231 g/mol. The number of carbonyl (C=O) groups excluding carboxylic acids is 1. The van der Waals surface area contributed by atoms with Gasteiger partial charge in [0, 0.05) is 19.6 Å². The van der Waals surface area contributed by atoms with Crippen LogP contribution in [0.3, 0.4) is 0 Å². The fourth-order valence-corrected chi connectivity index (χ4v) is 1.46. The number of nitrogens with one attached hydrogen (secondary N) is 2. The third-order valence-electron chi connectivity index (χ3n) is 1.99. The van der Waals surface area contributed by atoms with Gasteiger partial charge in [-0.05, 0) is 39.9 Å². The van der Waals surface area contributed by atoms with Gasteiger partial charge in [0.1, 0.15) is 6.04 Å². The van der Waals surface area contributed by atoms with Gasteiger partial charge in [-0.2, -0.15) is 0 Å². The van der Waals surface area contributed by atoms with Crippen LogP contribution in [0.1, 0.15) is 27.7 Å². The predicted octanol–water partition coefficient (Wildman–Crippen LogP) is 0.726. The normalized spacial score (nSPS) is 12.1. The molecular formula is C10H21N3OS. The molecule has 1 unspecified atom stereocenters. The maximum Gasteiger partial charge on any atom is 0.244 e. The molecule has 1 amide bonds. The van der Waals surface area contributed by atoms with Crippen molar-refractivity contribution in [3.63, 3.8) is 0 Å². The fourth-order valence-electron chi connectivity index (χ4n) is 1.05. The lowest BCUT2D eigenvalue weighted by Crippen LogP contribution is -2.49. The molecule has 0 spiro atoms.